The molecule has 0 aromatic carbocycles. The Morgan fingerprint density at radius 1 is 1.24 bits per heavy atom. The minimum Gasteiger partial charge on any atom is -0.481 e. The lowest BCUT2D eigenvalue weighted by atomic mass is 9.90. The maximum atomic E-state index is 8.96. The Bertz CT molecular complexity index is 1030. The molecule has 3 aromatic heterocycles. The normalized spacial score (nSPS) is 14.6. The highest BCUT2D eigenvalue weighted by molar-refractivity contribution is 5.89. The highest BCUT2D eigenvalue weighted by Crippen LogP contribution is 2.34. The summed E-state index contributed by atoms with van der Waals surface area (Å²) in [7, 11) is 1.62. The van der Waals surface area contributed by atoms with Crippen LogP contribution in [-0.2, 0) is 11.2 Å². The molecule has 1 saturated heterocycles. The molecule has 0 saturated carbocycles. The number of aromatic nitrogens is 3. The van der Waals surface area contributed by atoms with Crippen LogP contribution in [0.3, 0.4) is 0 Å². The van der Waals surface area contributed by atoms with Gasteiger partial charge in [0, 0.05) is 54.6 Å². The number of rotatable bonds is 5. The lowest BCUT2D eigenvalue weighted by Crippen LogP contribution is -2.17. The molecule has 0 spiro atoms. The number of ether oxygens (including phenoxy) is 2. The molecule has 0 radical (unpaired) electrons. The summed E-state index contributed by atoms with van der Waals surface area (Å²) in [4.78, 5) is 12.5. The summed E-state index contributed by atoms with van der Waals surface area (Å²) in [5, 5.41) is 10.1. The average Bonchev–Trinajstić information content (AvgIpc) is 3.12. The van der Waals surface area contributed by atoms with Crippen molar-refractivity contribution < 1.29 is 14.6 Å². The van der Waals surface area contributed by atoms with E-state index < -0.39 is 0 Å². The second-order valence-corrected chi connectivity index (χ2v) is 7.22. The molecule has 0 aliphatic carbocycles. The fourth-order valence-electron chi connectivity index (χ4n) is 3.76. The predicted molar refractivity (Wildman–Crippen MR) is 112 cm³/mol. The predicted octanol–water partition coefficient (Wildman–Crippen LogP) is 3.34. The van der Waals surface area contributed by atoms with Crippen LogP contribution >= 0.6 is 0 Å². The fourth-order valence-corrected chi connectivity index (χ4v) is 3.76. The van der Waals surface area contributed by atoms with Crippen LogP contribution in [0, 0.1) is 17.8 Å². The van der Waals surface area contributed by atoms with Crippen molar-refractivity contribution in [3.8, 4) is 29.0 Å². The molecule has 6 nitrogen and oxygen atoms in total. The molecule has 4 rings (SSSR count). The number of hydrogen-bond donors (Lipinski definition) is 2. The van der Waals surface area contributed by atoms with Gasteiger partial charge in [0.05, 0.1) is 19.4 Å². The SMILES string of the molecule is COc1ccc(-c2[nH]c3ncc(C#CCCO)cc3c2CC2CCOCC2)cn1. The van der Waals surface area contributed by atoms with E-state index in [-0.39, 0.29) is 6.61 Å². The summed E-state index contributed by atoms with van der Waals surface area (Å²) in [5.41, 5.74) is 5.02. The van der Waals surface area contributed by atoms with Gasteiger partial charge in [-0.25, -0.2) is 9.97 Å². The van der Waals surface area contributed by atoms with Gasteiger partial charge in [-0.15, -0.1) is 0 Å². The van der Waals surface area contributed by atoms with E-state index in [0.29, 0.717) is 18.2 Å². The minimum absolute atomic E-state index is 0.0659. The zero-order valence-electron chi connectivity index (χ0n) is 16.6. The Kier molecular flexibility index (Phi) is 6.09. The average molecular weight is 391 g/mol. The lowest BCUT2D eigenvalue weighted by molar-refractivity contribution is 0.0666. The van der Waals surface area contributed by atoms with Gasteiger partial charge in [0.25, 0.3) is 0 Å². The Morgan fingerprint density at radius 3 is 2.83 bits per heavy atom. The van der Waals surface area contributed by atoms with Crippen LogP contribution in [0.25, 0.3) is 22.3 Å². The van der Waals surface area contributed by atoms with E-state index in [0.717, 1.165) is 60.3 Å². The maximum Gasteiger partial charge on any atom is 0.212 e. The summed E-state index contributed by atoms with van der Waals surface area (Å²) in [6.45, 7) is 1.71. The first-order valence-corrected chi connectivity index (χ1v) is 9.97. The molecule has 4 heterocycles. The molecule has 0 bridgehead atoms. The first-order chi connectivity index (χ1) is 14.3. The van der Waals surface area contributed by atoms with E-state index in [1.54, 1.807) is 13.3 Å². The lowest BCUT2D eigenvalue weighted by Gasteiger charge is -2.22. The third-order valence-electron chi connectivity index (χ3n) is 5.30. The summed E-state index contributed by atoms with van der Waals surface area (Å²) < 4.78 is 10.7. The number of methoxy groups -OCH3 is 1. The van der Waals surface area contributed by atoms with Crippen LogP contribution in [0.15, 0.2) is 30.6 Å². The monoisotopic (exact) mass is 391 g/mol. The van der Waals surface area contributed by atoms with Gasteiger partial charge in [0.15, 0.2) is 0 Å². The second-order valence-electron chi connectivity index (χ2n) is 7.22. The topological polar surface area (TPSA) is 80.3 Å². The van der Waals surface area contributed by atoms with Gasteiger partial charge in [0.2, 0.25) is 5.88 Å². The van der Waals surface area contributed by atoms with E-state index in [9.17, 15) is 0 Å². The molecule has 1 aliphatic heterocycles. The number of fused-ring (bicyclic) bond motifs is 1. The van der Waals surface area contributed by atoms with Gasteiger partial charge in [0.1, 0.15) is 5.65 Å². The number of nitrogens with zero attached hydrogens (tertiary/aromatic N) is 2. The van der Waals surface area contributed by atoms with E-state index in [2.05, 4.69) is 32.9 Å². The molecular formula is C23H25N3O3. The van der Waals surface area contributed by atoms with Crippen LogP contribution < -0.4 is 4.74 Å². The van der Waals surface area contributed by atoms with Crippen molar-refractivity contribution in [2.24, 2.45) is 5.92 Å². The van der Waals surface area contributed by atoms with E-state index >= 15 is 0 Å². The summed E-state index contributed by atoms with van der Waals surface area (Å²) >= 11 is 0. The molecule has 0 amide bonds. The molecule has 150 valence electrons. The van der Waals surface area contributed by atoms with Crippen molar-refractivity contribution in [3.63, 3.8) is 0 Å². The van der Waals surface area contributed by atoms with Crippen molar-refractivity contribution in [2.45, 2.75) is 25.7 Å². The highest BCUT2D eigenvalue weighted by Gasteiger charge is 2.21. The molecule has 1 aliphatic rings. The van der Waals surface area contributed by atoms with Gasteiger partial charge >= 0.3 is 0 Å². The number of H-pyrrole nitrogens is 1. The number of aliphatic hydroxyl groups excluding tert-OH is 1. The minimum atomic E-state index is 0.0659. The maximum absolute atomic E-state index is 8.96. The molecule has 0 unspecified atom stereocenters. The molecule has 3 aromatic rings. The first kappa shape index (κ1) is 19.4. The van der Waals surface area contributed by atoms with Crippen LogP contribution in [-0.4, -0.2) is 47.0 Å². The van der Waals surface area contributed by atoms with Gasteiger partial charge in [-0.3, -0.25) is 0 Å². The third kappa shape index (κ3) is 4.42. The van der Waals surface area contributed by atoms with E-state index in [4.69, 9.17) is 14.6 Å². The van der Waals surface area contributed by atoms with Crippen molar-refractivity contribution in [1.29, 1.82) is 0 Å². The fraction of sp³-hybridized carbons (Fsp3) is 0.391. The van der Waals surface area contributed by atoms with Gasteiger partial charge < -0.3 is 19.6 Å². The number of pyridine rings is 2. The Labute approximate surface area is 170 Å². The van der Waals surface area contributed by atoms with Crippen LogP contribution in [0.1, 0.15) is 30.4 Å². The van der Waals surface area contributed by atoms with Crippen LogP contribution in [0.4, 0.5) is 0 Å². The third-order valence-corrected chi connectivity index (χ3v) is 5.30. The Hall–Kier alpha value is -2.88. The molecule has 29 heavy (non-hydrogen) atoms. The van der Waals surface area contributed by atoms with Crippen LogP contribution in [0.5, 0.6) is 5.88 Å². The number of aromatic amines is 1. The number of hydrogen-bond acceptors (Lipinski definition) is 5. The zero-order valence-corrected chi connectivity index (χ0v) is 16.6. The quantitative estimate of drug-likeness (QED) is 0.652. The summed E-state index contributed by atoms with van der Waals surface area (Å²) in [6.07, 6.45) is 7.16. The van der Waals surface area contributed by atoms with E-state index in [1.165, 1.54) is 5.56 Å². The number of aliphatic hydroxyl groups is 1. The standard InChI is InChI=1S/C23H25N3O3/c1-28-21-6-5-18(15-24-21)22-19(12-16-7-10-29-11-8-16)20-13-17(4-2-3-9-27)14-25-23(20)26-22/h5-6,13-16,27H,3,7-12H2,1H3,(H,25,26). The Balaban J connectivity index is 1.77. The zero-order chi connectivity index (χ0) is 20.1. The molecule has 0 atom stereocenters. The van der Waals surface area contributed by atoms with Gasteiger partial charge in [-0.2, -0.15) is 0 Å². The smallest absolute Gasteiger partial charge is 0.212 e. The highest BCUT2D eigenvalue weighted by atomic mass is 16.5. The van der Waals surface area contributed by atoms with Gasteiger partial charge in [-0.05, 0) is 42.9 Å². The van der Waals surface area contributed by atoms with Crippen LogP contribution in [0.2, 0.25) is 0 Å². The van der Waals surface area contributed by atoms with Crippen molar-refractivity contribution in [1.82, 2.24) is 15.0 Å². The summed E-state index contributed by atoms with van der Waals surface area (Å²) in [5.74, 6) is 7.25. The molecule has 6 heteroatoms. The Morgan fingerprint density at radius 2 is 2.10 bits per heavy atom. The molecule has 1 fully saturated rings. The van der Waals surface area contributed by atoms with Crippen molar-refractivity contribution >= 4 is 11.0 Å². The first-order valence-electron chi connectivity index (χ1n) is 9.97. The number of nitrogens with one attached hydrogen (secondary N) is 1. The van der Waals surface area contributed by atoms with Gasteiger partial charge in [-0.1, -0.05) is 11.8 Å². The van der Waals surface area contributed by atoms with E-state index in [1.807, 2.05) is 18.3 Å². The summed E-state index contributed by atoms with van der Waals surface area (Å²) in [6, 6.07) is 5.99. The largest absolute Gasteiger partial charge is 0.481 e. The molecular weight excluding hydrogens is 366 g/mol. The molecule has 2 N–H and O–H groups in total. The van der Waals surface area contributed by atoms with Crippen molar-refractivity contribution in [3.05, 3.63) is 41.7 Å². The van der Waals surface area contributed by atoms with Crippen molar-refractivity contribution in [2.75, 3.05) is 26.9 Å². The second kappa shape index (κ2) is 9.08.